The fourth-order valence-electron chi connectivity index (χ4n) is 5.39. The van der Waals surface area contributed by atoms with Crippen molar-refractivity contribution in [1.29, 1.82) is 0 Å². The van der Waals surface area contributed by atoms with Gasteiger partial charge >= 0.3 is 0 Å². The third-order valence-corrected chi connectivity index (χ3v) is 10.6. The number of hydrogen-bond donors (Lipinski definition) is 3. The number of nitrogens with zero attached hydrogens (tertiary/aromatic N) is 3. The van der Waals surface area contributed by atoms with Crippen molar-refractivity contribution in [1.82, 2.24) is 19.9 Å². The van der Waals surface area contributed by atoms with Gasteiger partial charge in [-0.1, -0.05) is 12.8 Å². The fraction of sp³-hybridized carbons (Fsp3) is 0.520. The van der Waals surface area contributed by atoms with Gasteiger partial charge in [0.05, 0.1) is 18.2 Å². The molecule has 34 heavy (non-hydrogen) atoms. The largest absolute Gasteiger partial charge is 0.495 e. The Kier molecular flexibility index (Phi) is 5.74. The molecule has 2 saturated carbocycles. The summed E-state index contributed by atoms with van der Waals surface area (Å²) in [5, 5.41) is 8.86. The third-order valence-electron chi connectivity index (χ3n) is 7.57. The van der Waals surface area contributed by atoms with Crippen LogP contribution in [0.2, 0.25) is 0 Å². The average molecular weight is 481 g/mol. The number of rotatable bonds is 7. The molecule has 6 rings (SSSR count). The Labute approximate surface area is 200 Å². The molecule has 9 heteroatoms. The van der Waals surface area contributed by atoms with E-state index in [4.69, 9.17) is 9.72 Å². The molecule has 0 bridgehead atoms. The van der Waals surface area contributed by atoms with Gasteiger partial charge in [-0.05, 0) is 49.9 Å². The van der Waals surface area contributed by atoms with Crippen LogP contribution in [0.15, 0.2) is 30.5 Å². The highest BCUT2D eigenvalue weighted by molar-refractivity contribution is 7.71. The van der Waals surface area contributed by atoms with Crippen LogP contribution in [0.4, 0.5) is 17.5 Å². The van der Waals surface area contributed by atoms with Crippen LogP contribution in [-0.2, 0) is 4.57 Å². The van der Waals surface area contributed by atoms with Crippen molar-refractivity contribution in [3.05, 3.63) is 30.5 Å². The summed E-state index contributed by atoms with van der Waals surface area (Å²) in [6, 6.07) is 9.09. The summed E-state index contributed by atoms with van der Waals surface area (Å²) in [5.41, 5.74) is 1.56. The molecule has 180 valence electrons. The molecule has 3 aliphatic rings. The normalized spacial score (nSPS) is 21.1. The van der Waals surface area contributed by atoms with Crippen molar-refractivity contribution in [3.8, 4) is 5.75 Å². The minimum Gasteiger partial charge on any atom is -0.495 e. The van der Waals surface area contributed by atoms with Gasteiger partial charge in [-0.3, -0.25) is 4.90 Å². The number of aromatic nitrogens is 3. The van der Waals surface area contributed by atoms with Gasteiger partial charge < -0.3 is 24.9 Å². The standard InChI is InChI=1S/C25H33N6O2P/c1-33-22-16-19(34(32)14-12-31(13-15-34)18-6-7-18)8-9-21(22)28-25-29-23-20(10-11-26-23)24(30-25)27-17-4-2-3-5-17/h8-11,16-18H,2-7,12-15H2,1H3,(H3,26,27,28,29,30). The van der Waals surface area contributed by atoms with Gasteiger partial charge in [0, 0.05) is 49.0 Å². The topological polar surface area (TPSA) is 95.2 Å². The first-order chi connectivity index (χ1) is 16.6. The minimum atomic E-state index is -2.40. The highest BCUT2D eigenvalue weighted by Gasteiger charge is 2.37. The Hall–Kier alpha value is -2.57. The van der Waals surface area contributed by atoms with Crippen molar-refractivity contribution < 1.29 is 9.30 Å². The molecule has 2 aromatic heterocycles. The van der Waals surface area contributed by atoms with E-state index in [0.717, 1.165) is 59.3 Å². The number of benzene rings is 1. The van der Waals surface area contributed by atoms with E-state index >= 15 is 0 Å². The lowest BCUT2D eigenvalue weighted by molar-refractivity contribution is 0.285. The van der Waals surface area contributed by atoms with Crippen LogP contribution in [0.1, 0.15) is 38.5 Å². The van der Waals surface area contributed by atoms with Gasteiger partial charge in [-0.25, -0.2) is 0 Å². The average Bonchev–Trinajstić information content (AvgIpc) is 3.35. The quantitative estimate of drug-likeness (QED) is 0.428. The van der Waals surface area contributed by atoms with Crippen molar-refractivity contribution in [2.75, 3.05) is 43.2 Å². The Morgan fingerprint density at radius 3 is 2.62 bits per heavy atom. The summed E-state index contributed by atoms with van der Waals surface area (Å²) in [7, 11) is -0.752. The zero-order chi connectivity index (χ0) is 23.1. The Morgan fingerprint density at radius 2 is 1.88 bits per heavy atom. The van der Waals surface area contributed by atoms with Gasteiger partial charge in [0.25, 0.3) is 0 Å². The van der Waals surface area contributed by atoms with Crippen LogP contribution in [0, 0.1) is 0 Å². The first kappa shape index (κ1) is 21.9. The van der Waals surface area contributed by atoms with Crippen LogP contribution in [0.25, 0.3) is 11.0 Å². The van der Waals surface area contributed by atoms with Gasteiger partial charge in [0.2, 0.25) is 5.95 Å². The summed E-state index contributed by atoms with van der Waals surface area (Å²) >= 11 is 0. The van der Waals surface area contributed by atoms with Crippen LogP contribution in [0.5, 0.6) is 5.75 Å². The highest BCUT2D eigenvalue weighted by Crippen LogP contribution is 2.49. The molecule has 3 heterocycles. The second-order valence-corrected chi connectivity index (χ2v) is 13.1. The number of nitrogens with one attached hydrogen (secondary N) is 3. The Morgan fingerprint density at radius 1 is 1.09 bits per heavy atom. The summed E-state index contributed by atoms with van der Waals surface area (Å²) in [4.78, 5) is 15.2. The smallest absolute Gasteiger partial charge is 0.231 e. The van der Waals surface area contributed by atoms with E-state index in [2.05, 4.69) is 25.5 Å². The lowest BCUT2D eigenvalue weighted by Gasteiger charge is -2.32. The van der Waals surface area contributed by atoms with E-state index in [1.807, 2.05) is 30.5 Å². The van der Waals surface area contributed by atoms with E-state index in [9.17, 15) is 4.57 Å². The van der Waals surface area contributed by atoms with Crippen molar-refractivity contribution in [3.63, 3.8) is 0 Å². The number of H-pyrrole nitrogens is 1. The number of methoxy groups -OCH3 is 1. The predicted molar refractivity (Wildman–Crippen MR) is 138 cm³/mol. The van der Waals surface area contributed by atoms with E-state index in [-0.39, 0.29) is 0 Å². The lowest BCUT2D eigenvalue weighted by atomic mass is 10.2. The number of ether oxygens (including phenoxy) is 1. The number of fused-ring (bicyclic) bond motifs is 1. The first-order valence-electron chi connectivity index (χ1n) is 12.5. The number of hydrogen-bond acceptors (Lipinski definition) is 7. The summed E-state index contributed by atoms with van der Waals surface area (Å²) in [6.45, 7) is 1.87. The second kappa shape index (κ2) is 8.90. The molecule has 0 atom stereocenters. The molecule has 0 radical (unpaired) electrons. The molecule has 2 aliphatic carbocycles. The van der Waals surface area contributed by atoms with Crippen molar-refractivity contribution in [2.45, 2.75) is 50.6 Å². The Bertz CT molecular complexity index is 1220. The van der Waals surface area contributed by atoms with Crippen LogP contribution in [0.3, 0.4) is 0 Å². The van der Waals surface area contributed by atoms with Gasteiger partial charge in [0.1, 0.15) is 24.4 Å². The molecule has 0 spiro atoms. The molecule has 1 aliphatic heterocycles. The molecule has 8 nitrogen and oxygen atoms in total. The van der Waals surface area contributed by atoms with E-state index in [1.54, 1.807) is 7.11 Å². The van der Waals surface area contributed by atoms with Crippen molar-refractivity contribution >= 4 is 40.9 Å². The summed E-state index contributed by atoms with van der Waals surface area (Å²) in [5.74, 6) is 2.02. The van der Waals surface area contributed by atoms with Gasteiger partial charge in [-0.2, -0.15) is 9.97 Å². The van der Waals surface area contributed by atoms with Crippen LogP contribution < -0.4 is 20.7 Å². The van der Waals surface area contributed by atoms with Crippen molar-refractivity contribution in [2.24, 2.45) is 0 Å². The number of aromatic amines is 1. The highest BCUT2D eigenvalue weighted by atomic mass is 31.2. The molecule has 1 aromatic carbocycles. The molecule has 3 N–H and O–H groups in total. The molecular weight excluding hydrogens is 447 g/mol. The molecule has 0 amide bonds. The monoisotopic (exact) mass is 480 g/mol. The first-order valence-corrected chi connectivity index (χ1v) is 14.6. The predicted octanol–water partition coefficient (Wildman–Crippen LogP) is 4.53. The van der Waals surface area contributed by atoms with Gasteiger partial charge in [0.15, 0.2) is 0 Å². The fourth-order valence-corrected chi connectivity index (χ4v) is 7.99. The van der Waals surface area contributed by atoms with E-state index in [0.29, 0.717) is 17.7 Å². The summed E-state index contributed by atoms with van der Waals surface area (Å²) in [6.07, 6.45) is 10.9. The molecule has 1 saturated heterocycles. The SMILES string of the molecule is COc1cc(P2(=O)CCN(C3CC3)CC2)ccc1Nc1nc(NC2CCCC2)c2cc[nH]c2n1. The van der Waals surface area contributed by atoms with E-state index < -0.39 is 7.14 Å². The Balaban J connectivity index is 1.24. The number of anilines is 3. The molecular formula is C25H33N6O2P. The molecule has 3 fully saturated rings. The second-order valence-electron chi connectivity index (χ2n) is 9.87. The maximum absolute atomic E-state index is 13.7. The van der Waals surface area contributed by atoms with E-state index in [1.165, 1.54) is 38.5 Å². The lowest BCUT2D eigenvalue weighted by Crippen LogP contribution is -2.38. The molecule has 0 unspecified atom stereocenters. The maximum Gasteiger partial charge on any atom is 0.231 e. The zero-order valence-electron chi connectivity index (χ0n) is 19.7. The van der Waals surface area contributed by atoms with Crippen LogP contribution in [-0.4, -0.2) is 64.5 Å². The van der Waals surface area contributed by atoms with Gasteiger partial charge in [-0.15, -0.1) is 0 Å². The maximum atomic E-state index is 13.7. The summed E-state index contributed by atoms with van der Waals surface area (Å²) < 4.78 is 19.4. The van der Waals surface area contributed by atoms with Crippen LogP contribution >= 0.6 is 7.14 Å². The minimum absolute atomic E-state index is 0.457. The zero-order valence-corrected chi connectivity index (χ0v) is 20.6. The molecule has 3 aromatic rings. The third kappa shape index (κ3) is 4.29.